The highest BCUT2D eigenvalue weighted by atomic mass is 19.3. The minimum absolute atomic E-state index is 0.149. The summed E-state index contributed by atoms with van der Waals surface area (Å²) in [5.74, 6) is -1.58. The number of halogens is 2. The molecule has 0 saturated heterocycles. The Bertz CT molecular complexity index is 570. The maximum Gasteiger partial charge on any atom is 0.388 e. The zero-order chi connectivity index (χ0) is 13.8. The molecule has 100 valence electrons. The van der Waals surface area contributed by atoms with E-state index in [2.05, 4.69) is 9.84 Å². The van der Waals surface area contributed by atoms with E-state index < -0.39 is 12.6 Å². The van der Waals surface area contributed by atoms with Crippen LogP contribution in [0.15, 0.2) is 36.4 Å². The van der Waals surface area contributed by atoms with Gasteiger partial charge in [0.25, 0.3) is 0 Å². The van der Waals surface area contributed by atoms with Crippen LogP contribution in [0.5, 0.6) is 5.88 Å². The van der Waals surface area contributed by atoms with Crippen LogP contribution in [0.3, 0.4) is 0 Å². The monoisotopic (exact) mass is 268 g/mol. The second kappa shape index (κ2) is 5.47. The Morgan fingerprint density at radius 1 is 1.37 bits per heavy atom. The van der Waals surface area contributed by atoms with Crippen LogP contribution < -0.4 is 4.74 Å². The summed E-state index contributed by atoms with van der Waals surface area (Å²) in [6, 6.07) is 9.89. The minimum Gasteiger partial charge on any atom is -0.476 e. The van der Waals surface area contributed by atoms with Crippen molar-refractivity contribution in [2.24, 2.45) is 0 Å². The average Bonchev–Trinajstić information content (AvgIpc) is 2.73. The van der Waals surface area contributed by atoms with Crippen molar-refractivity contribution in [2.75, 3.05) is 0 Å². The van der Waals surface area contributed by atoms with Crippen LogP contribution in [0, 0.1) is 0 Å². The molecule has 1 aromatic heterocycles. The number of rotatable bonds is 5. The van der Waals surface area contributed by atoms with E-state index in [1.165, 1.54) is 0 Å². The first-order valence-electron chi connectivity index (χ1n) is 5.36. The fourth-order valence-corrected chi connectivity index (χ4v) is 1.56. The third-order valence-electron chi connectivity index (χ3n) is 2.35. The Balaban J connectivity index is 2.29. The van der Waals surface area contributed by atoms with Gasteiger partial charge in [0.1, 0.15) is 0 Å². The molecule has 7 heteroatoms. The van der Waals surface area contributed by atoms with Crippen LogP contribution in [-0.4, -0.2) is 27.5 Å². The molecule has 1 aromatic carbocycles. The zero-order valence-corrected chi connectivity index (χ0v) is 9.66. The number of carboxylic acids is 1. The maximum absolute atomic E-state index is 12.2. The van der Waals surface area contributed by atoms with Crippen molar-refractivity contribution < 1.29 is 23.4 Å². The van der Waals surface area contributed by atoms with Gasteiger partial charge in [-0.15, -0.1) is 0 Å². The molecule has 0 aliphatic carbocycles. The molecule has 1 N–H and O–H groups in total. The predicted octanol–water partition coefficient (Wildman–Crippen LogP) is 2.23. The molecule has 0 bridgehead atoms. The molecular weight excluding hydrogens is 258 g/mol. The highest BCUT2D eigenvalue weighted by Crippen LogP contribution is 2.18. The summed E-state index contributed by atoms with van der Waals surface area (Å²) in [7, 11) is 0. The summed E-state index contributed by atoms with van der Waals surface area (Å²) in [6.07, 6.45) is 0. The molecule has 0 spiro atoms. The molecule has 0 unspecified atom stereocenters. The lowest BCUT2D eigenvalue weighted by atomic mass is 10.2. The van der Waals surface area contributed by atoms with Crippen molar-refractivity contribution in [3.05, 3.63) is 47.7 Å². The van der Waals surface area contributed by atoms with Crippen LogP contribution in [0.2, 0.25) is 0 Å². The summed E-state index contributed by atoms with van der Waals surface area (Å²) in [6.45, 7) is -2.89. The molecule has 2 rings (SSSR count). The smallest absolute Gasteiger partial charge is 0.388 e. The van der Waals surface area contributed by atoms with E-state index in [1.807, 2.05) is 6.07 Å². The summed E-state index contributed by atoms with van der Waals surface area (Å²) in [5.41, 5.74) is 0.452. The van der Waals surface area contributed by atoms with E-state index >= 15 is 0 Å². The first-order chi connectivity index (χ1) is 9.06. The van der Waals surface area contributed by atoms with Gasteiger partial charge in [0, 0.05) is 6.07 Å². The Morgan fingerprint density at radius 2 is 2.05 bits per heavy atom. The largest absolute Gasteiger partial charge is 0.476 e. The zero-order valence-electron chi connectivity index (χ0n) is 9.66. The van der Waals surface area contributed by atoms with Gasteiger partial charge in [0.15, 0.2) is 5.69 Å². The molecule has 19 heavy (non-hydrogen) atoms. The third-order valence-corrected chi connectivity index (χ3v) is 2.35. The van der Waals surface area contributed by atoms with Crippen molar-refractivity contribution in [2.45, 2.75) is 13.2 Å². The molecule has 0 fully saturated rings. The van der Waals surface area contributed by atoms with Gasteiger partial charge in [-0.3, -0.25) is 0 Å². The number of ether oxygens (including phenoxy) is 1. The normalized spacial score (nSPS) is 10.7. The van der Waals surface area contributed by atoms with Crippen molar-refractivity contribution in [3.63, 3.8) is 0 Å². The summed E-state index contributed by atoms with van der Waals surface area (Å²) in [5, 5.41) is 12.5. The molecule has 0 amide bonds. The van der Waals surface area contributed by atoms with Crippen molar-refractivity contribution in [1.82, 2.24) is 9.78 Å². The Labute approximate surface area is 107 Å². The first-order valence-corrected chi connectivity index (χ1v) is 5.36. The first kappa shape index (κ1) is 13.0. The Hall–Kier alpha value is -2.44. The Kier molecular flexibility index (Phi) is 3.74. The number of nitrogens with zero attached hydrogens (tertiary/aromatic N) is 2. The van der Waals surface area contributed by atoms with Gasteiger partial charge in [-0.25, -0.2) is 9.48 Å². The molecule has 5 nitrogen and oxygen atoms in total. The van der Waals surface area contributed by atoms with E-state index in [1.54, 1.807) is 24.3 Å². The standard InChI is InChI=1S/C12H10F2N2O3/c13-12(14)19-10-6-9(11(17)18)15-16(10)7-8-4-2-1-3-5-8/h1-6,12H,7H2,(H,17,18). The van der Waals surface area contributed by atoms with Gasteiger partial charge >= 0.3 is 12.6 Å². The maximum atomic E-state index is 12.2. The quantitative estimate of drug-likeness (QED) is 0.903. The van der Waals surface area contributed by atoms with Crippen LogP contribution in [0.25, 0.3) is 0 Å². The van der Waals surface area contributed by atoms with E-state index in [-0.39, 0.29) is 18.1 Å². The highest BCUT2D eigenvalue weighted by molar-refractivity contribution is 5.85. The SMILES string of the molecule is O=C(O)c1cc(OC(F)F)n(Cc2ccccc2)n1. The number of carboxylic acid groups (broad SMARTS) is 1. The van der Waals surface area contributed by atoms with Gasteiger partial charge in [0.2, 0.25) is 5.88 Å². The summed E-state index contributed by atoms with van der Waals surface area (Å²) < 4.78 is 29.8. The van der Waals surface area contributed by atoms with E-state index in [9.17, 15) is 13.6 Å². The highest BCUT2D eigenvalue weighted by Gasteiger charge is 2.17. The Morgan fingerprint density at radius 3 is 2.63 bits per heavy atom. The van der Waals surface area contributed by atoms with Gasteiger partial charge in [-0.05, 0) is 5.56 Å². The van der Waals surface area contributed by atoms with Crippen LogP contribution in [0.4, 0.5) is 8.78 Å². The number of carbonyl (C=O) groups is 1. The number of aromatic nitrogens is 2. The molecule has 0 aliphatic rings. The van der Waals surface area contributed by atoms with Crippen LogP contribution >= 0.6 is 0 Å². The predicted molar refractivity (Wildman–Crippen MR) is 61.4 cm³/mol. The molecule has 0 saturated carbocycles. The fraction of sp³-hybridized carbons (Fsp3) is 0.167. The lowest BCUT2D eigenvalue weighted by Gasteiger charge is -2.07. The lowest BCUT2D eigenvalue weighted by molar-refractivity contribution is -0.0556. The van der Waals surface area contributed by atoms with Crippen molar-refractivity contribution in [3.8, 4) is 5.88 Å². The fourth-order valence-electron chi connectivity index (χ4n) is 1.56. The number of benzene rings is 1. The van der Waals surface area contributed by atoms with Gasteiger partial charge in [-0.1, -0.05) is 30.3 Å². The van der Waals surface area contributed by atoms with E-state index in [4.69, 9.17) is 5.11 Å². The number of alkyl halides is 2. The number of aromatic carboxylic acids is 1. The van der Waals surface area contributed by atoms with Gasteiger partial charge in [0.05, 0.1) is 6.54 Å². The van der Waals surface area contributed by atoms with E-state index in [0.717, 1.165) is 16.3 Å². The van der Waals surface area contributed by atoms with Crippen LogP contribution in [-0.2, 0) is 6.54 Å². The molecule has 0 aliphatic heterocycles. The number of hydrogen-bond acceptors (Lipinski definition) is 3. The second-order valence-electron chi connectivity index (χ2n) is 3.69. The molecule has 0 radical (unpaired) electrons. The summed E-state index contributed by atoms with van der Waals surface area (Å²) in [4.78, 5) is 10.8. The van der Waals surface area contributed by atoms with Crippen molar-refractivity contribution in [1.29, 1.82) is 0 Å². The lowest BCUT2D eigenvalue weighted by Crippen LogP contribution is -2.10. The average molecular weight is 268 g/mol. The molecular formula is C12H10F2N2O3. The van der Waals surface area contributed by atoms with Crippen LogP contribution in [0.1, 0.15) is 16.1 Å². The second-order valence-corrected chi connectivity index (χ2v) is 3.69. The molecule has 1 heterocycles. The topological polar surface area (TPSA) is 64.3 Å². The third kappa shape index (κ3) is 3.27. The van der Waals surface area contributed by atoms with Gasteiger partial charge < -0.3 is 9.84 Å². The number of hydrogen-bond donors (Lipinski definition) is 1. The van der Waals surface area contributed by atoms with Crippen molar-refractivity contribution >= 4 is 5.97 Å². The van der Waals surface area contributed by atoms with Gasteiger partial charge in [-0.2, -0.15) is 13.9 Å². The summed E-state index contributed by atoms with van der Waals surface area (Å²) >= 11 is 0. The van der Waals surface area contributed by atoms with E-state index in [0.29, 0.717) is 0 Å². The molecule has 2 aromatic rings. The minimum atomic E-state index is -3.03. The molecule has 0 atom stereocenters.